The number of allylic oxidation sites excluding steroid dienone is 1. The number of aliphatic imine (C=N–C) groups is 1. The average molecular weight is 256 g/mol. The van der Waals surface area contributed by atoms with Crippen LogP contribution in [0.3, 0.4) is 0 Å². The summed E-state index contributed by atoms with van der Waals surface area (Å²) in [4.78, 5) is 13.6. The Hall–Kier alpha value is -2.08. The first-order chi connectivity index (χ1) is 8.02. The number of nitro benzene ring substituents is 1. The minimum absolute atomic E-state index is 0.0203. The Morgan fingerprint density at radius 1 is 1.53 bits per heavy atom. The SMILES string of the molecule is CN=C(Cl)C=C(N)Oc1ccc([N+](=O)[O-])cc1. The van der Waals surface area contributed by atoms with Crippen molar-refractivity contribution in [1.82, 2.24) is 0 Å². The van der Waals surface area contributed by atoms with E-state index in [9.17, 15) is 10.1 Å². The van der Waals surface area contributed by atoms with E-state index >= 15 is 0 Å². The molecule has 7 heteroatoms. The van der Waals surface area contributed by atoms with E-state index in [-0.39, 0.29) is 16.7 Å². The number of hydrogen-bond donors (Lipinski definition) is 1. The van der Waals surface area contributed by atoms with Gasteiger partial charge in [0.1, 0.15) is 10.9 Å². The first-order valence-electron chi connectivity index (χ1n) is 4.54. The number of hydrogen-bond acceptors (Lipinski definition) is 5. The van der Waals surface area contributed by atoms with E-state index < -0.39 is 4.92 Å². The molecule has 0 fully saturated rings. The predicted octanol–water partition coefficient (Wildman–Crippen LogP) is 2.04. The first kappa shape index (κ1) is 13.0. The van der Waals surface area contributed by atoms with E-state index in [0.717, 1.165) is 0 Å². The summed E-state index contributed by atoms with van der Waals surface area (Å²) in [7, 11) is 1.51. The van der Waals surface area contributed by atoms with Gasteiger partial charge in [-0.1, -0.05) is 11.6 Å². The van der Waals surface area contributed by atoms with Crippen LogP contribution < -0.4 is 10.5 Å². The van der Waals surface area contributed by atoms with Gasteiger partial charge >= 0.3 is 0 Å². The molecule has 1 rings (SSSR count). The smallest absolute Gasteiger partial charge is 0.269 e. The molecule has 90 valence electrons. The van der Waals surface area contributed by atoms with E-state index in [2.05, 4.69) is 4.99 Å². The van der Waals surface area contributed by atoms with Crippen LogP contribution >= 0.6 is 11.6 Å². The number of non-ortho nitro benzene ring substituents is 1. The van der Waals surface area contributed by atoms with E-state index in [1.54, 1.807) is 0 Å². The standard InChI is InChI=1S/C10H10ClN3O3/c1-13-9(11)6-10(12)17-8-4-2-7(3-5-8)14(15)16/h2-6H,12H2,1H3. The lowest BCUT2D eigenvalue weighted by atomic mass is 10.3. The minimum atomic E-state index is -0.496. The van der Waals surface area contributed by atoms with E-state index in [1.165, 1.54) is 37.4 Å². The van der Waals surface area contributed by atoms with Crippen molar-refractivity contribution >= 4 is 22.5 Å². The van der Waals surface area contributed by atoms with Crippen LogP contribution in [0.5, 0.6) is 5.75 Å². The van der Waals surface area contributed by atoms with Gasteiger partial charge < -0.3 is 10.5 Å². The van der Waals surface area contributed by atoms with Gasteiger partial charge in [-0.15, -0.1) is 0 Å². The fourth-order valence-electron chi connectivity index (χ4n) is 0.983. The summed E-state index contributed by atoms with van der Waals surface area (Å²) in [6.07, 6.45) is 1.34. The van der Waals surface area contributed by atoms with E-state index in [4.69, 9.17) is 22.1 Å². The van der Waals surface area contributed by atoms with Gasteiger partial charge in [-0.2, -0.15) is 0 Å². The number of rotatable bonds is 4. The molecule has 0 spiro atoms. The van der Waals surface area contributed by atoms with Crippen LogP contribution in [0.25, 0.3) is 0 Å². The third kappa shape index (κ3) is 4.12. The van der Waals surface area contributed by atoms with Crippen molar-refractivity contribution in [2.75, 3.05) is 7.05 Å². The predicted molar refractivity (Wildman–Crippen MR) is 65.2 cm³/mol. The number of benzene rings is 1. The van der Waals surface area contributed by atoms with Crippen molar-refractivity contribution in [2.24, 2.45) is 10.7 Å². The summed E-state index contributed by atoms with van der Waals surface area (Å²) in [5.41, 5.74) is 5.50. The lowest BCUT2D eigenvalue weighted by molar-refractivity contribution is -0.384. The van der Waals surface area contributed by atoms with Gasteiger partial charge in [0, 0.05) is 25.3 Å². The van der Waals surface area contributed by atoms with Crippen LogP contribution in [-0.4, -0.2) is 17.1 Å². The van der Waals surface area contributed by atoms with Gasteiger partial charge in [0.05, 0.1) is 4.92 Å². The molecule has 0 aliphatic heterocycles. The minimum Gasteiger partial charge on any atom is -0.442 e. The molecule has 0 unspecified atom stereocenters. The highest BCUT2D eigenvalue weighted by molar-refractivity contribution is 6.68. The Kier molecular flexibility index (Phi) is 4.47. The van der Waals surface area contributed by atoms with Crippen LogP contribution in [0, 0.1) is 10.1 Å². The topological polar surface area (TPSA) is 90.8 Å². The summed E-state index contributed by atoms with van der Waals surface area (Å²) in [5.74, 6) is 0.430. The maximum absolute atomic E-state index is 10.4. The van der Waals surface area contributed by atoms with Gasteiger partial charge in [-0.3, -0.25) is 15.1 Å². The second kappa shape index (κ2) is 5.86. The van der Waals surface area contributed by atoms with Gasteiger partial charge in [-0.25, -0.2) is 0 Å². The number of nitrogens with zero attached hydrogens (tertiary/aromatic N) is 2. The molecule has 0 radical (unpaired) electrons. The maximum atomic E-state index is 10.4. The van der Waals surface area contributed by atoms with Gasteiger partial charge in [-0.05, 0) is 12.1 Å². The van der Waals surface area contributed by atoms with Crippen molar-refractivity contribution in [3.05, 3.63) is 46.3 Å². The molecule has 0 saturated carbocycles. The summed E-state index contributed by atoms with van der Waals surface area (Å²) >= 11 is 5.62. The molecule has 2 N–H and O–H groups in total. The Bertz CT molecular complexity index is 468. The molecule has 0 bridgehead atoms. The molecule has 6 nitrogen and oxygen atoms in total. The molecule has 1 aromatic carbocycles. The van der Waals surface area contributed by atoms with Gasteiger partial charge in [0.15, 0.2) is 5.88 Å². The fraction of sp³-hybridized carbons (Fsp3) is 0.100. The largest absolute Gasteiger partial charge is 0.442 e. The zero-order chi connectivity index (χ0) is 12.8. The van der Waals surface area contributed by atoms with Crippen LogP contribution in [0.15, 0.2) is 41.2 Å². The van der Waals surface area contributed by atoms with Crippen molar-refractivity contribution in [2.45, 2.75) is 0 Å². The van der Waals surface area contributed by atoms with Crippen molar-refractivity contribution in [1.29, 1.82) is 0 Å². The lowest BCUT2D eigenvalue weighted by Crippen LogP contribution is -2.07. The molecular weight excluding hydrogens is 246 g/mol. The number of nitrogens with two attached hydrogens (primary N) is 1. The molecule has 0 aliphatic rings. The molecule has 0 atom stereocenters. The van der Waals surface area contributed by atoms with E-state index in [1.807, 2.05) is 0 Å². The number of ether oxygens (including phenoxy) is 1. The highest BCUT2D eigenvalue weighted by atomic mass is 35.5. The summed E-state index contributed by atoms with van der Waals surface area (Å²) in [6.45, 7) is 0. The van der Waals surface area contributed by atoms with Crippen LogP contribution in [0.4, 0.5) is 5.69 Å². The highest BCUT2D eigenvalue weighted by Gasteiger charge is 2.05. The zero-order valence-corrected chi connectivity index (χ0v) is 9.72. The van der Waals surface area contributed by atoms with Crippen molar-refractivity contribution in [3.8, 4) is 5.75 Å². The van der Waals surface area contributed by atoms with Gasteiger partial charge in [0.25, 0.3) is 5.69 Å². The Morgan fingerprint density at radius 3 is 2.59 bits per heavy atom. The second-order valence-corrected chi connectivity index (χ2v) is 3.33. The third-order valence-electron chi connectivity index (χ3n) is 1.76. The molecule has 17 heavy (non-hydrogen) atoms. The Balaban J connectivity index is 2.76. The van der Waals surface area contributed by atoms with Crippen molar-refractivity contribution < 1.29 is 9.66 Å². The molecule has 0 heterocycles. The highest BCUT2D eigenvalue weighted by Crippen LogP contribution is 2.18. The molecule has 0 aromatic heterocycles. The quantitative estimate of drug-likeness (QED) is 0.386. The normalized spacial score (nSPS) is 12.4. The molecule has 0 aliphatic carbocycles. The molecule has 0 saturated heterocycles. The monoisotopic (exact) mass is 255 g/mol. The fourth-order valence-corrected chi connectivity index (χ4v) is 1.09. The van der Waals surface area contributed by atoms with Crippen LogP contribution in [-0.2, 0) is 0 Å². The number of halogens is 1. The second-order valence-electron chi connectivity index (χ2n) is 2.95. The maximum Gasteiger partial charge on any atom is 0.269 e. The Labute approximate surface area is 103 Å². The lowest BCUT2D eigenvalue weighted by Gasteiger charge is -2.04. The zero-order valence-electron chi connectivity index (χ0n) is 8.96. The average Bonchev–Trinajstić information content (AvgIpc) is 2.29. The first-order valence-corrected chi connectivity index (χ1v) is 4.92. The third-order valence-corrected chi connectivity index (χ3v) is 2.04. The van der Waals surface area contributed by atoms with E-state index in [0.29, 0.717) is 5.75 Å². The van der Waals surface area contributed by atoms with Crippen molar-refractivity contribution in [3.63, 3.8) is 0 Å². The molecular formula is C10H10ClN3O3. The molecule has 0 amide bonds. The number of nitro groups is 1. The summed E-state index contributed by atoms with van der Waals surface area (Å²) < 4.78 is 5.17. The summed E-state index contributed by atoms with van der Waals surface area (Å²) in [6, 6.07) is 5.52. The van der Waals surface area contributed by atoms with Gasteiger partial charge in [0.2, 0.25) is 0 Å². The van der Waals surface area contributed by atoms with Crippen LogP contribution in [0.2, 0.25) is 0 Å². The van der Waals surface area contributed by atoms with Crippen LogP contribution in [0.1, 0.15) is 0 Å². The molecule has 1 aromatic rings. The summed E-state index contributed by atoms with van der Waals surface area (Å²) in [5, 5.41) is 10.6. The Morgan fingerprint density at radius 2 is 2.12 bits per heavy atom.